The van der Waals surface area contributed by atoms with Crippen LogP contribution in [0.5, 0.6) is 0 Å². The molecule has 1 unspecified atom stereocenters. The van der Waals surface area contributed by atoms with Gasteiger partial charge in [-0.05, 0) is 28.8 Å². The van der Waals surface area contributed by atoms with Crippen LogP contribution in [0.25, 0.3) is 10.8 Å². The Kier molecular flexibility index (Phi) is 4.09. The van der Waals surface area contributed by atoms with Crippen molar-refractivity contribution in [1.82, 2.24) is 5.43 Å². The van der Waals surface area contributed by atoms with Gasteiger partial charge in [0.05, 0.1) is 0 Å². The SMILES string of the molecule is COCCC(NN)c1ccc2ccccc2c1. The predicted octanol–water partition coefficient (Wildman–Crippen LogP) is 2.38. The zero-order valence-corrected chi connectivity index (χ0v) is 10.0. The van der Waals surface area contributed by atoms with Crippen LogP contribution in [-0.4, -0.2) is 13.7 Å². The van der Waals surface area contributed by atoms with Crippen LogP contribution in [0, 0.1) is 0 Å². The Morgan fingerprint density at radius 2 is 1.94 bits per heavy atom. The average molecular weight is 230 g/mol. The molecule has 3 nitrogen and oxygen atoms in total. The molecular weight excluding hydrogens is 212 g/mol. The third kappa shape index (κ3) is 2.82. The van der Waals surface area contributed by atoms with Gasteiger partial charge in [-0.3, -0.25) is 11.3 Å². The van der Waals surface area contributed by atoms with Gasteiger partial charge in [-0.1, -0.05) is 36.4 Å². The highest BCUT2D eigenvalue weighted by atomic mass is 16.5. The number of hydrogen-bond acceptors (Lipinski definition) is 3. The van der Waals surface area contributed by atoms with Crippen LogP contribution in [0.15, 0.2) is 42.5 Å². The lowest BCUT2D eigenvalue weighted by atomic mass is 10.0. The molecule has 0 aliphatic heterocycles. The van der Waals surface area contributed by atoms with Crippen molar-refractivity contribution in [2.75, 3.05) is 13.7 Å². The van der Waals surface area contributed by atoms with E-state index in [9.17, 15) is 0 Å². The van der Waals surface area contributed by atoms with Crippen LogP contribution in [0.4, 0.5) is 0 Å². The lowest BCUT2D eigenvalue weighted by molar-refractivity contribution is 0.183. The summed E-state index contributed by atoms with van der Waals surface area (Å²) in [6.07, 6.45) is 0.866. The summed E-state index contributed by atoms with van der Waals surface area (Å²) in [7, 11) is 1.70. The van der Waals surface area contributed by atoms with Gasteiger partial charge >= 0.3 is 0 Å². The van der Waals surface area contributed by atoms with Crippen molar-refractivity contribution in [2.24, 2.45) is 5.84 Å². The Hall–Kier alpha value is -1.42. The van der Waals surface area contributed by atoms with E-state index in [2.05, 4.69) is 35.8 Å². The summed E-state index contributed by atoms with van der Waals surface area (Å²) < 4.78 is 5.09. The van der Waals surface area contributed by atoms with E-state index in [1.165, 1.54) is 16.3 Å². The number of benzene rings is 2. The van der Waals surface area contributed by atoms with Crippen molar-refractivity contribution in [3.05, 3.63) is 48.0 Å². The van der Waals surface area contributed by atoms with Gasteiger partial charge in [-0.2, -0.15) is 0 Å². The molecule has 17 heavy (non-hydrogen) atoms. The van der Waals surface area contributed by atoms with E-state index in [0.717, 1.165) is 6.42 Å². The second-order valence-electron chi connectivity index (χ2n) is 4.11. The molecule has 0 heterocycles. The standard InChI is InChI=1S/C14H18N2O/c1-17-9-8-14(16-15)13-7-6-11-4-2-3-5-12(11)10-13/h2-7,10,14,16H,8-9,15H2,1H3. The highest BCUT2D eigenvalue weighted by molar-refractivity contribution is 5.83. The minimum absolute atomic E-state index is 0.138. The molecule has 0 amide bonds. The monoisotopic (exact) mass is 230 g/mol. The van der Waals surface area contributed by atoms with Gasteiger partial charge in [-0.25, -0.2) is 0 Å². The van der Waals surface area contributed by atoms with E-state index in [-0.39, 0.29) is 6.04 Å². The molecule has 2 aromatic carbocycles. The van der Waals surface area contributed by atoms with Crippen LogP contribution in [0.3, 0.4) is 0 Å². The van der Waals surface area contributed by atoms with Crippen LogP contribution in [0.2, 0.25) is 0 Å². The molecule has 0 spiro atoms. The fourth-order valence-corrected chi connectivity index (χ4v) is 2.01. The number of fused-ring (bicyclic) bond motifs is 1. The molecule has 1 atom stereocenters. The van der Waals surface area contributed by atoms with Crippen molar-refractivity contribution in [2.45, 2.75) is 12.5 Å². The topological polar surface area (TPSA) is 47.3 Å². The Labute approximate surface area is 102 Å². The maximum atomic E-state index is 5.58. The minimum Gasteiger partial charge on any atom is -0.385 e. The van der Waals surface area contributed by atoms with Gasteiger partial charge < -0.3 is 4.74 Å². The molecule has 0 aliphatic carbocycles. The van der Waals surface area contributed by atoms with Crippen molar-refractivity contribution >= 4 is 10.8 Å². The number of hydrazine groups is 1. The molecule has 0 radical (unpaired) electrons. The number of hydrogen-bond donors (Lipinski definition) is 2. The molecule has 0 saturated carbocycles. The highest BCUT2D eigenvalue weighted by Crippen LogP contribution is 2.21. The lowest BCUT2D eigenvalue weighted by Crippen LogP contribution is -2.28. The van der Waals surface area contributed by atoms with Crippen LogP contribution in [-0.2, 0) is 4.74 Å². The number of methoxy groups -OCH3 is 1. The van der Waals surface area contributed by atoms with Crippen molar-refractivity contribution in [3.8, 4) is 0 Å². The summed E-state index contributed by atoms with van der Waals surface area (Å²) >= 11 is 0. The molecule has 2 aromatic rings. The van der Waals surface area contributed by atoms with Crippen molar-refractivity contribution < 1.29 is 4.74 Å². The number of nitrogens with two attached hydrogens (primary N) is 1. The van der Waals surface area contributed by atoms with Gasteiger partial charge in [0, 0.05) is 19.8 Å². The molecule has 0 bridgehead atoms. The van der Waals surface area contributed by atoms with Crippen molar-refractivity contribution in [1.29, 1.82) is 0 Å². The summed E-state index contributed by atoms with van der Waals surface area (Å²) in [5.74, 6) is 5.58. The number of nitrogens with one attached hydrogen (secondary N) is 1. The molecule has 90 valence electrons. The smallest absolute Gasteiger partial charge is 0.0482 e. The summed E-state index contributed by atoms with van der Waals surface area (Å²) in [6, 6.07) is 14.9. The van der Waals surface area contributed by atoms with Crippen LogP contribution < -0.4 is 11.3 Å². The van der Waals surface area contributed by atoms with Gasteiger partial charge in [0.15, 0.2) is 0 Å². The first-order valence-corrected chi connectivity index (χ1v) is 5.79. The van der Waals surface area contributed by atoms with E-state index >= 15 is 0 Å². The van der Waals surface area contributed by atoms with Gasteiger partial charge in [0.25, 0.3) is 0 Å². The summed E-state index contributed by atoms with van der Waals surface area (Å²) in [5, 5.41) is 2.49. The summed E-state index contributed by atoms with van der Waals surface area (Å²) in [4.78, 5) is 0. The summed E-state index contributed by atoms with van der Waals surface area (Å²) in [6.45, 7) is 0.696. The molecule has 0 fully saturated rings. The van der Waals surface area contributed by atoms with Gasteiger partial charge in [0.1, 0.15) is 0 Å². The minimum atomic E-state index is 0.138. The molecule has 2 rings (SSSR count). The predicted molar refractivity (Wildman–Crippen MR) is 70.5 cm³/mol. The fourth-order valence-electron chi connectivity index (χ4n) is 2.01. The Bertz CT molecular complexity index is 484. The Morgan fingerprint density at radius 3 is 2.65 bits per heavy atom. The second-order valence-corrected chi connectivity index (χ2v) is 4.11. The molecule has 0 aliphatic rings. The Balaban J connectivity index is 2.27. The Morgan fingerprint density at radius 1 is 1.18 bits per heavy atom. The van der Waals surface area contributed by atoms with E-state index in [1.807, 2.05) is 12.1 Å². The van der Waals surface area contributed by atoms with Crippen LogP contribution in [0.1, 0.15) is 18.0 Å². The van der Waals surface area contributed by atoms with E-state index in [0.29, 0.717) is 6.61 Å². The third-order valence-electron chi connectivity index (χ3n) is 2.99. The van der Waals surface area contributed by atoms with Gasteiger partial charge in [0.2, 0.25) is 0 Å². The average Bonchev–Trinajstić information content (AvgIpc) is 2.39. The summed E-state index contributed by atoms with van der Waals surface area (Å²) in [5.41, 5.74) is 4.04. The first-order valence-electron chi connectivity index (χ1n) is 5.79. The molecular formula is C14H18N2O. The molecule has 3 N–H and O–H groups in total. The van der Waals surface area contributed by atoms with Crippen molar-refractivity contribution in [3.63, 3.8) is 0 Å². The van der Waals surface area contributed by atoms with E-state index < -0.39 is 0 Å². The first kappa shape index (κ1) is 12.0. The van der Waals surface area contributed by atoms with Gasteiger partial charge in [-0.15, -0.1) is 0 Å². The zero-order chi connectivity index (χ0) is 12.1. The second kappa shape index (κ2) is 5.77. The van der Waals surface area contributed by atoms with E-state index in [1.54, 1.807) is 7.11 Å². The maximum absolute atomic E-state index is 5.58. The zero-order valence-electron chi connectivity index (χ0n) is 10.0. The lowest BCUT2D eigenvalue weighted by Gasteiger charge is -2.16. The quantitative estimate of drug-likeness (QED) is 0.612. The van der Waals surface area contributed by atoms with E-state index in [4.69, 9.17) is 10.6 Å². The molecule has 0 aromatic heterocycles. The fraction of sp³-hybridized carbons (Fsp3) is 0.286. The molecule has 0 saturated heterocycles. The largest absolute Gasteiger partial charge is 0.385 e. The normalized spacial score (nSPS) is 12.8. The number of rotatable bonds is 5. The molecule has 3 heteroatoms. The maximum Gasteiger partial charge on any atom is 0.0482 e. The third-order valence-corrected chi connectivity index (χ3v) is 2.99. The highest BCUT2D eigenvalue weighted by Gasteiger charge is 2.09. The van der Waals surface area contributed by atoms with Crippen LogP contribution >= 0.6 is 0 Å². The number of ether oxygens (including phenoxy) is 1. The first-order chi connectivity index (χ1) is 8.35.